The lowest BCUT2D eigenvalue weighted by molar-refractivity contribution is -0.382. The Morgan fingerprint density at radius 1 is 0.889 bits per heavy atom. The van der Waals surface area contributed by atoms with E-state index in [-0.39, 0.29) is 0 Å². The fourth-order valence-corrected chi connectivity index (χ4v) is 2.87. The molecule has 0 aromatic rings. The van der Waals surface area contributed by atoms with Crippen molar-refractivity contribution in [3.8, 4) is 0 Å². The van der Waals surface area contributed by atoms with Crippen molar-refractivity contribution in [2.45, 2.75) is 50.0 Å². The quantitative estimate of drug-likeness (QED) is 0.349. The number of nitrogens with zero attached hydrogens (tertiary/aromatic N) is 1. The number of carbonyl (C=O) groups is 1. The normalized spacial score (nSPS) is 15.4. The van der Waals surface area contributed by atoms with Gasteiger partial charge in [0.1, 0.15) is 0 Å². The highest BCUT2D eigenvalue weighted by molar-refractivity contribution is 7.90. The third-order valence-electron chi connectivity index (χ3n) is 3.16. The average molecular weight is 443 g/mol. The Bertz CT molecular complexity index is 713. The van der Waals surface area contributed by atoms with E-state index in [1.54, 1.807) is 0 Å². The fraction of sp³-hybridized carbons (Fsp3) is 0.727. The van der Waals surface area contributed by atoms with Gasteiger partial charge in [-0.1, -0.05) is 18.3 Å². The van der Waals surface area contributed by atoms with Gasteiger partial charge in [0.2, 0.25) is 0 Å². The van der Waals surface area contributed by atoms with Crippen LogP contribution in [-0.2, 0) is 14.8 Å². The lowest BCUT2D eigenvalue weighted by atomic mass is 10.1. The monoisotopic (exact) mass is 443 g/mol. The van der Waals surface area contributed by atoms with E-state index in [1.807, 2.05) is 0 Å². The zero-order valence-corrected chi connectivity index (χ0v) is 14.0. The van der Waals surface area contributed by atoms with Gasteiger partial charge in [-0.05, 0) is 12.8 Å². The molecule has 0 saturated carbocycles. The molecule has 0 aromatic heterocycles. The Balaban J connectivity index is 6.62. The third-order valence-corrected chi connectivity index (χ3v) is 4.70. The Morgan fingerprint density at radius 3 is 1.56 bits per heavy atom. The van der Waals surface area contributed by atoms with Crippen molar-refractivity contribution in [3.05, 3.63) is 11.3 Å². The molecule has 0 fully saturated rings. The number of rotatable bonds is 8. The second-order valence-electron chi connectivity index (χ2n) is 4.82. The van der Waals surface area contributed by atoms with E-state index in [1.165, 1.54) is 0 Å². The van der Waals surface area contributed by atoms with E-state index in [0.717, 1.165) is 13.8 Å². The van der Waals surface area contributed by atoms with E-state index in [2.05, 4.69) is 0 Å². The first kappa shape index (κ1) is 25.3. The molecule has 0 bridgehead atoms. The Labute approximate surface area is 145 Å². The predicted molar refractivity (Wildman–Crippen MR) is 68.0 cm³/mol. The molecule has 27 heavy (non-hydrogen) atoms. The summed E-state index contributed by atoms with van der Waals surface area (Å²) in [6.45, 7) is 1.75. The van der Waals surface area contributed by atoms with Crippen LogP contribution in [0.25, 0.3) is 0 Å². The zero-order chi connectivity index (χ0) is 22.2. The average Bonchev–Trinajstić information content (AvgIpc) is 2.49. The van der Waals surface area contributed by atoms with Crippen molar-refractivity contribution >= 4 is 16.0 Å². The van der Waals surface area contributed by atoms with Gasteiger partial charge in [-0.25, -0.2) is 4.79 Å². The number of carboxylic acids is 1. The molecule has 160 valence electrons. The summed E-state index contributed by atoms with van der Waals surface area (Å²) in [5, 5.41) is 1.44. The Hall–Kier alpha value is -1.74. The van der Waals surface area contributed by atoms with E-state index < -0.39 is 67.9 Å². The van der Waals surface area contributed by atoms with Gasteiger partial charge in [0.15, 0.2) is 0 Å². The van der Waals surface area contributed by atoms with Crippen LogP contribution in [0.4, 0.5) is 44.0 Å². The maximum atomic E-state index is 13.9. The van der Waals surface area contributed by atoms with Crippen LogP contribution in [0.1, 0.15) is 26.7 Å². The number of hydrogen-bond acceptors (Lipinski definition) is 3. The highest BCUT2D eigenvalue weighted by Crippen LogP contribution is 2.55. The van der Waals surface area contributed by atoms with Gasteiger partial charge in [-0.15, -0.1) is 4.53 Å². The Morgan fingerprint density at radius 2 is 1.30 bits per heavy atom. The molecule has 0 aliphatic heterocycles. The van der Waals surface area contributed by atoms with Crippen molar-refractivity contribution in [1.29, 1.82) is 0 Å². The summed E-state index contributed by atoms with van der Waals surface area (Å²) in [4.78, 5) is 10.8. The van der Waals surface area contributed by atoms with Crippen molar-refractivity contribution in [2.24, 2.45) is 0 Å². The third kappa shape index (κ3) is 3.80. The first-order chi connectivity index (χ1) is 11.8. The SMILES string of the molecule is CCC(C(=O)O)=C(CC)N(F)S(=O)(=O)C(F)(F)C(F)(F)C(F)(F)C(F)(F)F. The number of carboxylic acid groups (broad SMARTS) is 1. The molecule has 0 rings (SSSR count). The van der Waals surface area contributed by atoms with E-state index in [0.29, 0.717) is 0 Å². The molecule has 0 saturated heterocycles. The molecular formula is C11H11F10NO4S. The minimum atomic E-state index is -7.63. The molecule has 0 atom stereocenters. The minimum Gasteiger partial charge on any atom is -0.478 e. The van der Waals surface area contributed by atoms with Gasteiger partial charge in [-0.3, -0.25) is 0 Å². The number of allylic oxidation sites excluding steroid dienone is 1. The topological polar surface area (TPSA) is 74.7 Å². The van der Waals surface area contributed by atoms with Crippen LogP contribution >= 0.6 is 0 Å². The van der Waals surface area contributed by atoms with Crippen molar-refractivity contribution < 1.29 is 62.3 Å². The van der Waals surface area contributed by atoms with Crippen LogP contribution in [0.5, 0.6) is 0 Å². The van der Waals surface area contributed by atoms with Crippen LogP contribution in [0.2, 0.25) is 0 Å². The van der Waals surface area contributed by atoms with Gasteiger partial charge in [0.05, 0.1) is 11.3 Å². The molecule has 0 heterocycles. The molecule has 0 spiro atoms. The van der Waals surface area contributed by atoms with Gasteiger partial charge in [-0.2, -0.15) is 47.9 Å². The molecule has 0 amide bonds. The number of aliphatic carboxylic acids is 1. The summed E-state index contributed by atoms with van der Waals surface area (Å²) < 4.78 is 150. The van der Waals surface area contributed by atoms with E-state index in [9.17, 15) is 57.2 Å². The van der Waals surface area contributed by atoms with Gasteiger partial charge >= 0.3 is 39.3 Å². The number of alkyl halides is 9. The summed E-state index contributed by atoms with van der Waals surface area (Å²) in [5.74, 6) is -17.3. The summed E-state index contributed by atoms with van der Waals surface area (Å²) in [7, 11) is -7.56. The van der Waals surface area contributed by atoms with Crippen LogP contribution in [-0.4, -0.2) is 47.3 Å². The van der Waals surface area contributed by atoms with Crippen LogP contribution < -0.4 is 0 Å². The molecule has 0 aromatic carbocycles. The molecule has 0 aliphatic carbocycles. The van der Waals surface area contributed by atoms with Crippen molar-refractivity contribution in [2.75, 3.05) is 0 Å². The molecule has 16 heteroatoms. The number of sulfonamides is 1. The molecular weight excluding hydrogens is 432 g/mol. The Kier molecular flexibility index (Phi) is 6.88. The molecule has 0 aliphatic rings. The smallest absolute Gasteiger partial charge is 0.460 e. The van der Waals surface area contributed by atoms with E-state index >= 15 is 0 Å². The maximum absolute atomic E-state index is 13.9. The minimum absolute atomic E-state index is 0.727. The van der Waals surface area contributed by atoms with Crippen LogP contribution in [0.3, 0.4) is 0 Å². The van der Waals surface area contributed by atoms with Crippen LogP contribution in [0.15, 0.2) is 11.3 Å². The van der Waals surface area contributed by atoms with Gasteiger partial charge in [0, 0.05) is 0 Å². The molecule has 1 N–H and O–H groups in total. The second kappa shape index (κ2) is 7.35. The maximum Gasteiger partial charge on any atom is 0.460 e. The molecule has 5 nitrogen and oxygen atoms in total. The lowest BCUT2D eigenvalue weighted by Crippen LogP contribution is -2.64. The standard InChI is InChI=1S/C11H11F10NO4S/c1-3-5(7(23)24)6(4-2)22(21)27(25,26)11(19,20)9(14,15)8(12,13)10(16,17)18/h3-4H2,1-2H3,(H,23,24). The fourth-order valence-electron chi connectivity index (χ4n) is 1.69. The summed E-state index contributed by atoms with van der Waals surface area (Å²) in [6, 6.07) is 0. The van der Waals surface area contributed by atoms with Crippen molar-refractivity contribution in [1.82, 2.24) is 4.53 Å². The highest BCUT2D eigenvalue weighted by Gasteiger charge is 2.86. The molecule has 0 unspecified atom stereocenters. The molecule has 0 radical (unpaired) electrons. The second-order valence-corrected chi connectivity index (χ2v) is 6.60. The highest BCUT2D eigenvalue weighted by atomic mass is 32.2. The van der Waals surface area contributed by atoms with E-state index in [4.69, 9.17) is 5.11 Å². The number of halogens is 10. The first-order valence-corrected chi connectivity index (χ1v) is 8.05. The van der Waals surface area contributed by atoms with Crippen molar-refractivity contribution in [3.63, 3.8) is 0 Å². The summed E-state index contributed by atoms with van der Waals surface area (Å²) >= 11 is 0. The van der Waals surface area contributed by atoms with Crippen LogP contribution in [0, 0.1) is 0 Å². The first-order valence-electron chi connectivity index (χ1n) is 6.61. The lowest BCUT2D eigenvalue weighted by Gasteiger charge is -2.34. The largest absolute Gasteiger partial charge is 0.478 e. The summed E-state index contributed by atoms with van der Waals surface area (Å²) in [6.07, 6.45) is -9.06. The van der Waals surface area contributed by atoms with Gasteiger partial charge in [0.25, 0.3) is 0 Å². The zero-order valence-electron chi connectivity index (χ0n) is 13.2. The van der Waals surface area contributed by atoms with Gasteiger partial charge < -0.3 is 5.11 Å². The predicted octanol–water partition coefficient (Wildman–Crippen LogP) is 4.09. The summed E-state index contributed by atoms with van der Waals surface area (Å²) in [5.41, 5.74) is -2.87. The number of hydrogen-bond donors (Lipinski definition) is 1.